The van der Waals surface area contributed by atoms with Gasteiger partial charge in [0.25, 0.3) is 0 Å². The number of benzene rings is 1. The summed E-state index contributed by atoms with van der Waals surface area (Å²) in [6, 6.07) is 11.0. The van der Waals surface area contributed by atoms with E-state index in [1.54, 1.807) is 19.8 Å². The zero-order valence-corrected chi connectivity index (χ0v) is 11.7. The fourth-order valence-corrected chi connectivity index (χ4v) is 3.02. The molecule has 0 bridgehead atoms. The van der Waals surface area contributed by atoms with Crippen molar-refractivity contribution in [3.63, 3.8) is 0 Å². The molecule has 0 spiro atoms. The summed E-state index contributed by atoms with van der Waals surface area (Å²) in [4.78, 5) is 0. The van der Waals surface area contributed by atoms with Gasteiger partial charge in [0, 0.05) is 19.7 Å². The standard InChI is InChI=1S/C15H20N4O/c1-20-10-15(19-11-17-18-12-19)8-7-14(16-9-15)13-5-3-2-4-6-13/h2-6,11-12,14,16H,7-10H2,1H3/t14-,15+/m0/s1. The number of hydrogen-bond acceptors (Lipinski definition) is 4. The van der Waals surface area contributed by atoms with E-state index < -0.39 is 0 Å². The summed E-state index contributed by atoms with van der Waals surface area (Å²) in [6.45, 7) is 1.53. The van der Waals surface area contributed by atoms with Gasteiger partial charge in [-0.25, -0.2) is 0 Å². The second-order valence-electron chi connectivity index (χ2n) is 5.41. The smallest absolute Gasteiger partial charge is 0.119 e. The summed E-state index contributed by atoms with van der Waals surface area (Å²) in [5.74, 6) is 0. The minimum absolute atomic E-state index is 0.0798. The molecule has 2 aromatic rings. The molecule has 1 aromatic carbocycles. The molecule has 1 aromatic heterocycles. The van der Waals surface area contributed by atoms with Crippen molar-refractivity contribution in [1.82, 2.24) is 20.1 Å². The van der Waals surface area contributed by atoms with Gasteiger partial charge in [0.2, 0.25) is 0 Å². The lowest BCUT2D eigenvalue weighted by atomic mass is 9.85. The van der Waals surface area contributed by atoms with Crippen molar-refractivity contribution in [2.24, 2.45) is 0 Å². The number of nitrogens with one attached hydrogen (secondary N) is 1. The SMILES string of the molecule is COC[C@@]1(n2cnnc2)CC[C@@H](c2ccccc2)NC1. The van der Waals surface area contributed by atoms with E-state index in [1.165, 1.54) is 5.56 Å². The predicted molar refractivity (Wildman–Crippen MR) is 76.3 cm³/mol. The van der Waals surface area contributed by atoms with Crippen molar-refractivity contribution in [3.8, 4) is 0 Å². The molecule has 1 aliphatic rings. The van der Waals surface area contributed by atoms with Gasteiger partial charge in [0.05, 0.1) is 12.1 Å². The van der Waals surface area contributed by atoms with Gasteiger partial charge < -0.3 is 14.6 Å². The quantitative estimate of drug-likeness (QED) is 0.921. The number of hydrogen-bond donors (Lipinski definition) is 1. The number of piperidine rings is 1. The zero-order valence-electron chi connectivity index (χ0n) is 11.7. The third kappa shape index (κ3) is 2.46. The number of rotatable bonds is 4. The summed E-state index contributed by atoms with van der Waals surface area (Å²) in [7, 11) is 1.75. The zero-order chi connectivity index (χ0) is 13.8. The molecule has 0 radical (unpaired) electrons. The van der Waals surface area contributed by atoms with Crippen LogP contribution >= 0.6 is 0 Å². The molecular formula is C15H20N4O. The van der Waals surface area contributed by atoms with E-state index in [2.05, 4.69) is 50.4 Å². The Morgan fingerprint density at radius 3 is 2.65 bits per heavy atom. The highest BCUT2D eigenvalue weighted by Crippen LogP contribution is 2.32. The van der Waals surface area contributed by atoms with E-state index in [9.17, 15) is 0 Å². The van der Waals surface area contributed by atoms with Gasteiger partial charge in [0.1, 0.15) is 12.7 Å². The van der Waals surface area contributed by atoms with E-state index in [1.807, 2.05) is 0 Å². The van der Waals surface area contributed by atoms with Crippen molar-refractivity contribution in [2.75, 3.05) is 20.3 Å². The van der Waals surface area contributed by atoms with Crippen LogP contribution in [0.4, 0.5) is 0 Å². The first-order valence-electron chi connectivity index (χ1n) is 6.96. The lowest BCUT2D eigenvalue weighted by molar-refractivity contribution is 0.0562. The van der Waals surface area contributed by atoms with Gasteiger partial charge in [-0.1, -0.05) is 30.3 Å². The topological polar surface area (TPSA) is 52.0 Å². The summed E-state index contributed by atoms with van der Waals surface area (Å²) in [5.41, 5.74) is 1.27. The van der Waals surface area contributed by atoms with Crippen molar-refractivity contribution >= 4 is 0 Å². The third-order valence-corrected chi connectivity index (χ3v) is 4.16. The molecule has 0 unspecified atom stereocenters. The van der Waals surface area contributed by atoms with Crippen molar-refractivity contribution < 1.29 is 4.74 Å². The Hall–Kier alpha value is -1.72. The fraction of sp³-hybridized carbons (Fsp3) is 0.467. The van der Waals surface area contributed by atoms with E-state index >= 15 is 0 Å². The molecule has 0 saturated carbocycles. The van der Waals surface area contributed by atoms with Gasteiger partial charge in [-0.05, 0) is 18.4 Å². The Morgan fingerprint density at radius 1 is 1.30 bits per heavy atom. The van der Waals surface area contributed by atoms with Gasteiger partial charge in [-0.2, -0.15) is 0 Å². The van der Waals surface area contributed by atoms with Crippen molar-refractivity contribution in [3.05, 3.63) is 48.5 Å². The molecule has 20 heavy (non-hydrogen) atoms. The molecular weight excluding hydrogens is 252 g/mol. The summed E-state index contributed by atoms with van der Waals surface area (Å²) in [6.07, 6.45) is 5.68. The largest absolute Gasteiger partial charge is 0.382 e. The maximum Gasteiger partial charge on any atom is 0.119 e. The van der Waals surface area contributed by atoms with Gasteiger partial charge >= 0.3 is 0 Å². The molecule has 5 heteroatoms. The molecule has 2 atom stereocenters. The average Bonchev–Trinajstić information content (AvgIpc) is 3.04. The molecule has 0 aliphatic carbocycles. The third-order valence-electron chi connectivity index (χ3n) is 4.16. The Balaban J connectivity index is 1.75. The summed E-state index contributed by atoms with van der Waals surface area (Å²) in [5, 5.41) is 11.5. The van der Waals surface area contributed by atoms with E-state index in [4.69, 9.17) is 4.74 Å². The Kier molecular flexibility index (Phi) is 3.80. The lowest BCUT2D eigenvalue weighted by Gasteiger charge is -2.41. The minimum Gasteiger partial charge on any atom is -0.382 e. The highest BCUT2D eigenvalue weighted by Gasteiger charge is 2.37. The predicted octanol–water partition coefficient (Wildman–Crippen LogP) is 1.74. The first-order chi connectivity index (χ1) is 9.84. The van der Waals surface area contributed by atoms with Gasteiger partial charge in [-0.3, -0.25) is 0 Å². The first-order valence-corrected chi connectivity index (χ1v) is 6.96. The van der Waals surface area contributed by atoms with Crippen LogP contribution in [0.15, 0.2) is 43.0 Å². The molecule has 0 amide bonds. The van der Waals surface area contributed by atoms with E-state index in [0.717, 1.165) is 19.4 Å². The van der Waals surface area contributed by atoms with Crippen LogP contribution < -0.4 is 5.32 Å². The summed E-state index contributed by atoms with van der Waals surface area (Å²) >= 11 is 0. The Bertz CT molecular complexity index is 518. The number of nitrogens with zero attached hydrogens (tertiary/aromatic N) is 3. The highest BCUT2D eigenvalue weighted by molar-refractivity contribution is 5.20. The lowest BCUT2D eigenvalue weighted by Crippen LogP contribution is -2.51. The van der Waals surface area contributed by atoms with Crippen LogP contribution in [0.2, 0.25) is 0 Å². The van der Waals surface area contributed by atoms with Crippen LogP contribution in [0, 0.1) is 0 Å². The Morgan fingerprint density at radius 2 is 2.05 bits per heavy atom. The monoisotopic (exact) mass is 272 g/mol. The highest BCUT2D eigenvalue weighted by atomic mass is 16.5. The molecule has 1 N–H and O–H groups in total. The Labute approximate surface area is 119 Å². The van der Waals surface area contributed by atoms with Crippen LogP contribution in [0.3, 0.4) is 0 Å². The van der Waals surface area contributed by atoms with E-state index in [-0.39, 0.29) is 5.54 Å². The fourth-order valence-electron chi connectivity index (χ4n) is 3.02. The van der Waals surface area contributed by atoms with Gasteiger partial charge in [0.15, 0.2) is 0 Å². The van der Waals surface area contributed by atoms with Gasteiger partial charge in [-0.15, -0.1) is 10.2 Å². The number of ether oxygens (including phenoxy) is 1. The second kappa shape index (κ2) is 5.73. The molecule has 1 aliphatic heterocycles. The van der Waals surface area contributed by atoms with Crippen LogP contribution in [0.1, 0.15) is 24.4 Å². The molecule has 1 fully saturated rings. The van der Waals surface area contributed by atoms with Crippen molar-refractivity contribution in [2.45, 2.75) is 24.4 Å². The maximum atomic E-state index is 5.43. The minimum atomic E-state index is -0.0798. The molecule has 106 valence electrons. The average molecular weight is 272 g/mol. The molecule has 3 rings (SSSR count). The molecule has 2 heterocycles. The molecule has 5 nitrogen and oxygen atoms in total. The van der Waals surface area contributed by atoms with Crippen LogP contribution in [0.5, 0.6) is 0 Å². The second-order valence-corrected chi connectivity index (χ2v) is 5.41. The molecule has 1 saturated heterocycles. The van der Waals surface area contributed by atoms with Crippen molar-refractivity contribution in [1.29, 1.82) is 0 Å². The van der Waals surface area contributed by atoms with E-state index in [0.29, 0.717) is 12.6 Å². The summed E-state index contributed by atoms with van der Waals surface area (Å²) < 4.78 is 7.51. The maximum absolute atomic E-state index is 5.43. The number of aromatic nitrogens is 3. The van der Waals surface area contributed by atoms with Crippen LogP contribution in [-0.2, 0) is 10.3 Å². The van der Waals surface area contributed by atoms with Crippen LogP contribution in [-0.4, -0.2) is 35.0 Å². The number of methoxy groups -OCH3 is 1. The van der Waals surface area contributed by atoms with Crippen LogP contribution in [0.25, 0.3) is 0 Å². The first kappa shape index (κ1) is 13.3. The normalized spacial score (nSPS) is 26.6.